The second-order valence-corrected chi connectivity index (χ2v) is 9.51. The number of para-hydroxylation sites is 1. The van der Waals surface area contributed by atoms with Crippen LogP contribution in [0.2, 0.25) is 0 Å². The minimum absolute atomic E-state index is 0.0381. The SMILES string of the molecule is CC(=O)n1cc(C2C=C(C(=O)NCc3ccc(F)cc3)OC(OCc3ccc(CO)cc3)C2)c2ccccc21. The van der Waals surface area contributed by atoms with Gasteiger partial charge in [0.25, 0.3) is 5.91 Å². The number of hydrogen-bond acceptors (Lipinski definition) is 5. The number of nitrogens with one attached hydrogen (secondary N) is 1. The van der Waals surface area contributed by atoms with Crippen molar-refractivity contribution in [3.8, 4) is 0 Å². The van der Waals surface area contributed by atoms with Gasteiger partial charge < -0.3 is 19.9 Å². The van der Waals surface area contributed by atoms with Crippen LogP contribution in [-0.4, -0.2) is 27.8 Å². The van der Waals surface area contributed by atoms with E-state index in [4.69, 9.17) is 9.47 Å². The Labute approximate surface area is 225 Å². The van der Waals surface area contributed by atoms with Crippen LogP contribution < -0.4 is 5.32 Å². The molecule has 0 saturated carbocycles. The molecule has 39 heavy (non-hydrogen) atoms. The number of aliphatic hydroxyl groups is 1. The molecule has 0 bridgehead atoms. The zero-order valence-electron chi connectivity index (χ0n) is 21.5. The number of amides is 1. The van der Waals surface area contributed by atoms with Gasteiger partial charge in [-0.3, -0.25) is 14.2 Å². The van der Waals surface area contributed by atoms with E-state index in [-0.39, 0.29) is 43.2 Å². The third-order valence-corrected chi connectivity index (χ3v) is 6.77. The summed E-state index contributed by atoms with van der Waals surface area (Å²) in [4.78, 5) is 25.5. The van der Waals surface area contributed by atoms with Crippen LogP contribution in [0.5, 0.6) is 0 Å². The highest BCUT2D eigenvalue weighted by Gasteiger charge is 2.31. The van der Waals surface area contributed by atoms with Crippen LogP contribution in [0.3, 0.4) is 0 Å². The Balaban J connectivity index is 1.40. The molecule has 3 aromatic carbocycles. The van der Waals surface area contributed by atoms with Crippen molar-refractivity contribution < 1.29 is 28.6 Å². The van der Waals surface area contributed by atoms with Gasteiger partial charge >= 0.3 is 0 Å². The highest BCUT2D eigenvalue weighted by Crippen LogP contribution is 2.36. The van der Waals surface area contributed by atoms with Gasteiger partial charge in [0.15, 0.2) is 5.76 Å². The number of aliphatic hydroxyl groups excluding tert-OH is 1. The molecular weight excluding hydrogens is 499 g/mol. The summed E-state index contributed by atoms with van der Waals surface area (Å²) in [5.74, 6) is -1.00. The van der Waals surface area contributed by atoms with Crippen LogP contribution in [0, 0.1) is 5.82 Å². The third-order valence-electron chi connectivity index (χ3n) is 6.77. The van der Waals surface area contributed by atoms with Crippen molar-refractivity contribution in [3.63, 3.8) is 0 Å². The van der Waals surface area contributed by atoms with Gasteiger partial charge in [-0.2, -0.15) is 0 Å². The standard InChI is InChI=1S/C31H29FN2O5/c1-20(36)34-17-27(26-4-2-3-5-28(26)34)24-14-29(31(37)33-16-21-10-12-25(32)13-11-21)39-30(15-24)38-19-23-8-6-22(18-35)7-9-23/h2-14,17,24,30,35H,15-16,18-19H2,1H3,(H,33,37). The lowest BCUT2D eigenvalue weighted by molar-refractivity contribution is -0.150. The van der Waals surface area contributed by atoms with Crippen molar-refractivity contribution in [1.29, 1.82) is 0 Å². The highest BCUT2D eigenvalue weighted by molar-refractivity contribution is 5.95. The number of allylic oxidation sites excluding steroid dienone is 1. The molecule has 5 rings (SSSR count). The summed E-state index contributed by atoms with van der Waals surface area (Å²) < 4.78 is 27.0. The van der Waals surface area contributed by atoms with Gasteiger partial charge in [0.05, 0.1) is 18.7 Å². The fraction of sp³-hybridized carbons (Fsp3) is 0.226. The van der Waals surface area contributed by atoms with E-state index < -0.39 is 12.2 Å². The molecule has 0 spiro atoms. The molecule has 0 fully saturated rings. The van der Waals surface area contributed by atoms with Crippen molar-refractivity contribution in [1.82, 2.24) is 9.88 Å². The Hall–Kier alpha value is -4.27. The second-order valence-electron chi connectivity index (χ2n) is 9.51. The van der Waals surface area contributed by atoms with E-state index in [2.05, 4.69) is 5.32 Å². The van der Waals surface area contributed by atoms with Gasteiger partial charge in [0.1, 0.15) is 5.82 Å². The summed E-state index contributed by atoms with van der Waals surface area (Å²) in [6.45, 7) is 1.93. The normalized spacial score (nSPS) is 16.9. The van der Waals surface area contributed by atoms with Gasteiger partial charge in [-0.25, -0.2) is 4.39 Å². The fourth-order valence-electron chi connectivity index (χ4n) is 4.70. The predicted octanol–water partition coefficient (Wildman–Crippen LogP) is 5.18. The smallest absolute Gasteiger partial charge is 0.286 e. The number of carbonyl (C=O) groups excluding carboxylic acids is 2. The van der Waals surface area contributed by atoms with E-state index in [1.54, 1.807) is 22.8 Å². The minimum Gasteiger partial charge on any atom is -0.459 e. The summed E-state index contributed by atoms with van der Waals surface area (Å²) in [7, 11) is 0. The fourth-order valence-corrected chi connectivity index (χ4v) is 4.70. The van der Waals surface area contributed by atoms with Gasteiger partial charge in [-0.05, 0) is 46.5 Å². The zero-order valence-corrected chi connectivity index (χ0v) is 21.5. The largest absolute Gasteiger partial charge is 0.459 e. The summed E-state index contributed by atoms with van der Waals surface area (Å²) >= 11 is 0. The molecule has 0 aliphatic carbocycles. The lowest BCUT2D eigenvalue weighted by Crippen LogP contribution is -2.32. The van der Waals surface area contributed by atoms with E-state index in [1.807, 2.05) is 54.7 Å². The molecule has 1 amide bonds. The number of benzene rings is 3. The number of rotatable bonds is 8. The topological polar surface area (TPSA) is 89.8 Å². The molecule has 1 aliphatic heterocycles. The first-order valence-electron chi connectivity index (χ1n) is 12.7. The average molecular weight is 529 g/mol. The Kier molecular flexibility index (Phi) is 7.86. The van der Waals surface area contributed by atoms with E-state index in [9.17, 15) is 19.1 Å². The molecule has 2 heterocycles. The Morgan fingerprint density at radius 2 is 1.72 bits per heavy atom. The van der Waals surface area contributed by atoms with Crippen molar-refractivity contribution in [2.45, 2.75) is 45.3 Å². The first kappa shape index (κ1) is 26.3. The Morgan fingerprint density at radius 3 is 2.44 bits per heavy atom. The number of carbonyl (C=O) groups is 2. The first-order chi connectivity index (χ1) is 18.9. The molecule has 200 valence electrons. The number of aromatic nitrogens is 1. The first-order valence-corrected chi connectivity index (χ1v) is 12.7. The number of hydrogen-bond donors (Lipinski definition) is 2. The summed E-state index contributed by atoms with van der Waals surface area (Å²) in [5, 5.41) is 13.0. The maximum Gasteiger partial charge on any atom is 0.286 e. The van der Waals surface area contributed by atoms with E-state index in [0.29, 0.717) is 6.42 Å². The van der Waals surface area contributed by atoms with E-state index in [1.165, 1.54) is 19.1 Å². The molecule has 8 heteroatoms. The molecular formula is C31H29FN2O5. The summed E-state index contributed by atoms with van der Waals surface area (Å²) in [6, 6.07) is 21.0. The molecule has 2 unspecified atom stereocenters. The predicted molar refractivity (Wildman–Crippen MR) is 144 cm³/mol. The molecule has 2 N–H and O–H groups in total. The monoisotopic (exact) mass is 528 g/mol. The molecule has 1 aliphatic rings. The van der Waals surface area contributed by atoms with E-state index >= 15 is 0 Å². The van der Waals surface area contributed by atoms with Crippen LogP contribution in [0.1, 0.15) is 46.3 Å². The summed E-state index contributed by atoms with van der Waals surface area (Å²) in [5.41, 5.74) is 4.15. The summed E-state index contributed by atoms with van der Waals surface area (Å²) in [6.07, 6.45) is 3.30. The molecule has 2 atom stereocenters. The van der Waals surface area contributed by atoms with Crippen molar-refractivity contribution in [2.75, 3.05) is 0 Å². The Bertz CT molecular complexity index is 1510. The minimum atomic E-state index is -0.719. The molecule has 0 saturated heterocycles. The lowest BCUT2D eigenvalue weighted by Gasteiger charge is -2.29. The Morgan fingerprint density at radius 1 is 1.03 bits per heavy atom. The molecule has 7 nitrogen and oxygen atoms in total. The van der Waals surface area contributed by atoms with Gasteiger partial charge in [0.2, 0.25) is 12.2 Å². The maximum atomic E-state index is 13.3. The third kappa shape index (κ3) is 6.08. The quantitative estimate of drug-likeness (QED) is 0.329. The van der Waals surface area contributed by atoms with Crippen LogP contribution in [0.25, 0.3) is 10.9 Å². The average Bonchev–Trinajstić information content (AvgIpc) is 3.36. The van der Waals surface area contributed by atoms with Crippen LogP contribution in [0.15, 0.2) is 90.8 Å². The number of ether oxygens (including phenoxy) is 2. The van der Waals surface area contributed by atoms with Crippen LogP contribution >= 0.6 is 0 Å². The van der Waals surface area contributed by atoms with Crippen molar-refractivity contribution >= 4 is 22.7 Å². The van der Waals surface area contributed by atoms with Crippen LogP contribution in [0.4, 0.5) is 4.39 Å². The molecule has 0 radical (unpaired) electrons. The number of nitrogens with zero attached hydrogens (tertiary/aromatic N) is 1. The van der Waals surface area contributed by atoms with Gasteiger partial charge in [0, 0.05) is 37.4 Å². The number of halogens is 1. The zero-order chi connectivity index (χ0) is 27.4. The van der Waals surface area contributed by atoms with E-state index in [0.717, 1.165) is 33.2 Å². The molecule has 1 aromatic heterocycles. The lowest BCUT2D eigenvalue weighted by atomic mass is 9.92. The highest BCUT2D eigenvalue weighted by atomic mass is 19.1. The van der Waals surface area contributed by atoms with Crippen molar-refractivity contribution in [3.05, 3.63) is 119 Å². The number of fused-ring (bicyclic) bond motifs is 1. The van der Waals surface area contributed by atoms with Gasteiger partial charge in [-0.15, -0.1) is 0 Å². The van der Waals surface area contributed by atoms with Crippen molar-refractivity contribution in [2.24, 2.45) is 0 Å². The van der Waals surface area contributed by atoms with Crippen LogP contribution in [-0.2, 0) is 34.0 Å². The molecule has 4 aromatic rings. The van der Waals surface area contributed by atoms with Gasteiger partial charge in [-0.1, -0.05) is 54.6 Å². The second kappa shape index (κ2) is 11.6. The maximum absolute atomic E-state index is 13.3.